The van der Waals surface area contributed by atoms with Gasteiger partial charge in [-0.15, -0.1) is 11.8 Å². The van der Waals surface area contributed by atoms with Crippen LogP contribution in [0.1, 0.15) is 49.1 Å². The molecule has 1 aliphatic heterocycles. The number of nitrogens with one attached hydrogen (secondary N) is 2. The van der Waals surface area contributed by atoms with Crippen molar-refractivity contribution in [3.8, 4) is 0 Å². The lowest BCUT2D eigenvalue weighted by atomic mass is 10.1. The fourth-order valence-corrected chi connectivity index (χ4v) is 4.41. The lowest BCUT2D eigenvalue weighted by Gasteiger charge is -2.17. The monoisotopic (exact) mass is 409 g/mol. The topological polar surface area (TPSA) is 66.9 Å². The van der Waals surface area contributed by atoms with Crippen LogP contribution in [0.3, 0.4) is 0 Å². The maximum atomic E-state index is 12.7. The molecule has 3 rings (SSSR count). The van der Waals surface area contributed by atoms with Crippen LogP contribution in [0.4, 0.5) is 5.82 Å². The lowest BCUT2D eigenvalue weighted by molar-refractivity contribution is -0.113. The summed E-state index contributed by atoms with van der Waals surface area (Å²) in [6.07, 6.45) is 1.94. The van der Waals surface area contributed by atoms with Crippen LogP contribution >= 0.6 is 27.7 Å². The van der Waals surface area contributed by atoms with E-state index in [1.54, 1.807) is 0 Å². The van der Waals surface area contributed by atoms with E-state index >= 15 is 0 Å². The van der Waals surface area contributed by atoms with Gasteiger partial charge in [-0.1, -0.05) is 41.4 Å². The summed E-state index contributed by atoms with van der Waals surface area (Å²) in [4.78, 5) is 24.8. The quantitative estimate of drug-likeness (QED) is 0.799. The van der Waals surface area contributed by atoms with Crippen LogP contribution in [0.2, 0.25) is 0 Å². The minimum atomic E-state index is -0.161. The van der Waals surface area contributed by atoms with E-state index in [1.807, 2.05) is 28.9 Å². The minimum Gasteiger partial charge on any atom is -0.310 e. The Labute approximate surface area is 153 Å². The Morgan fingerprint density at radius 1 is 1.33 bits per heavy atom. The van der Waals surface area contributed by atoms with Crippen molar-refractivity contribution < 1.29 is 4.79 Å². The predicted molar refractivity (Wildman–Crippen MR) is 102 cm³/mol. The van der Waals surface area contributed by atoms with E-state index in [1.165, 1.54) is 11.8 Å². The third-order valence-electron chi connectivity index (χ3n) is 4.18. The highest BCUT2D eigenvalue weighted by molar-refractivity contribution is 9.10. The first-order chi connectivity index (χ1) is 11.5. The van der Waals surface area contributed by atoms with E-state index in [-0.39, 0.29) is 22.8 Å². The Kier molecular flexibility index (Phi) is 5.20. The van der Waals surface area contributed by atoms with Gasteiger partial charge in [-0.2, -0.15) is 0 Å². The molecule has 1 aliphatic rings. The molecule has 0 aliphatic carbocycles. The van der Waals surface area contributed by atoms with Gasteiger partial charge in [0.1, 0.15) is 5.82 Å². The number of carbonyl (C=O) groups excluding carboxylic acids is 1. The average Bonchev–Trinajstić information content (AvgIpc) is 2.75. The van der Waals surface area contributed by atoms with Crippen molar-refractivity contribution in [2.45, 2.75) is 38.0 Å². The molecule has 0 fully saturated rings. The third-order valence-corrected chi connectivity index (χ3v) is 5.98. The van der Waals surface area contributed by atoms with Crippen LogP contribution in [0, 0.1) is 0 Å². The zero-order valence-electron chi connectivity index (χ0n) is 13.6. The number of fused-ring (bicyclic) bond motifs is 1. The van der Waals surface area contributed by atoms with E-state index < -0.39 is 0 Å². The Morgan fingerprint density at radius 3 is 2.71 bits per heavy atom. The number of aromatic nitrogens is 2. The fourth-order valence-electron chi connectivity index (χ4n) is 3.02. The van der Waals surface area contributed by atoms with Crippen LogP contribution in [0.5, 0.6) is 0 Å². The highest BCUT2D eigenvalue weighted by atomic mass is 79.9. The van der Waals surface area contributed by atoms with Gasteiger partial charge in [-0.05, 0) is 31.0 Å². The molecule has 2 aromatic rings. The second-order valence-electron chi connectivity index (χ2n) is 6.00. The largest absolute Gasteiger partial charge is 0.310 e. The molecular weight excluding hydrogens is 390 g/mol. The van der Waals surface area contributed by atoms with Crippen LogP contribution < -0.4 is 10.9 Å². The molecule has 0 saturated carbocycles. The third kappa shape index (κ3) is 3.32. The molecule has 0 radical (unpaired) electrons. The lowest BCUT2D eigenvalue weighted by Crippen LogP contribution is -2.18. The molecule has 0 unspecified atom stereocenters. The Bertz CT molecular complexity index is 797. The van der Waals surface area contributed by atoms with E-state index in [9.17, 15) is 9.59 Å². The summed E-state index contributed by atoms with van der Waals surface area (Å²) in [5.74, 6) is 0.873. The number of benzene rings is 1. The number of aromatic amines is 1. The number of nitrogens with zero attached hydrogens (tertiary/aromatic N) is 1. The van der Waals surface area contributed by atoms with Gasteiger partial charge in [-0.25, -0.2) is 0 Å². The first-order valence-electron chi connectivity index (χ1n) is 8.02. The highest BCUT2D eigenvalue weighted by Gasteiger charge is 2.31. The van der Waals surface area contributed by atoms with Crippen molar-refractivity contribution in [3.63, 3.8) is 0 Å². The highest BCUT2D eigenvalue weighted by Crippen LogP contribution is 2.40. The number of halogens is 1. The molecule has 1 aromatic heterocycles. The maximum Gasteiger partial charge on any atom is 0.270 e. The van der Waals surface area contributed by atoms with Crippen LogP contribution in [0.25, 0.3) is 0 Å². The second-order valence-corrected chi connectivity index (χ2v) is 8.01. The molecular formula is C17H20BrN3O2S. The van der Waals surface area contributed by atoms with Gasteiger partial charge in [0.15, 0.2) is 0 Å². The van der Waals surface area contributed by atoms with E-state index in [0.717, 1.165) is 22.9 Å². The molecule has 2 heterocycles. The first kappa shape index (κ1) is 17.4. The first-order valence-corrected chi connectivity index (χ1v) is 9.86. The molecule has 2 atom stereocenters. The molecule has 128 valence electrons. The molecule has 2 N–H and O–H groups in total. The van der Waals surface area contributed by atoms with E-state index in [4.69, 9.17) is 0 Å². The van der Waals surface area contributed by atoms with Gasteiger partial charge in [0.25, 0.3) is 5.56 Å². The van der Waals surface area contributed by atoms with Crippen molar-refractivity contribution in [2.24, 2.45) is 0 Å². The van der Waals surface area contributed by atoms with Gasteiger partial charge in [-0.3, -0.25) is 19.4 Å². The summed E-state index contributed by atoms with van der Waals surface area (Å²) in [6, 6.07) is 8.03. The van der Waals surface area contributed by atoms with Gasteiger partial charge in [0.05, 0.1) is 16.6 Å². The number of anilines is 1. The van der Waals surface area contributed by atoms with Crippen molar-refractivity contribution in [2.75, 3.05) is 11.1 Å². The summed E-state index contributed by atoms with van der Waals surface area (Å²) in [5, 5.41) is 5.69. The number of thioether (sulfide) groups is 1. The molecule has 1 amide bonds. The fraction of sp³-hybridized carbons (Fsp3) is 0.412. The number of amides is 1. The molecule has 1 aromatic carbocycles. The van der Waals surface area contributed by atoms with Crippen molar-refractivity contribution in [1.82, 2.24) is 9.78 Å². The van der Waals surface area contributed by atoms with Gasteiger partial charge >= 0.3 is 0 Å². The molecule has 0 saturated heterocycles. The van der Waals surface area contributed by atoms with Crippen molar-refractivity contribution in [1.29, 1.82) is 0 Å². The summed E-state index contributed by atoms with van der Waals surface area (Å²) < 4.78 is 2.80. The average molecular weight is 410 g/mol. The molecule has 24 heavy (non-hydrogen) atoms. The number of hydrogen-bond donors (Lipinski definition) is 2. The Hall–Kier alpha value is -1.47. The zero-order valence-corrected chi connectivity index (χ0v) is 16.0. The standard InChI is InChI=1S/C17H20BrN3O2S/c1-3-4-10(2)21-16-14(17(23)20-21)15(24-9-13(22)19-16)11-5-7-12(18)8-6-11/h5-8,10,15H,3-4,9H2,1-2H3,(H,19,22)(H,20,23)/t10-,15+/m1/s1. The minimum absolute atomic E-state index is 0.0719. The molecule has 5 nitrogen and oxygen atoms in total. The van der Waals surface area contributed by atoms with Gasteiger partial charge in [0, 0.05) is 10.5 Å². The molecule has 7 heteroatoms. The summed E-state index contributed by atoms with van der Waals surface area (Å²) in [5.41, 5.74) is 1.53. The van der Waals surface area contributed by atoms with Crippen LogP contribution in [0.15, 0.2) is 33.5 Å². The van der Waals surface area contributed by atoms with Gasteiger partial charge < -0.3 is 5.32 Å². The van der Waals surface area contributed by atoms with E-state index in [0.29, 0.717) is 17.1 Å². The van der Waals surface area contributed by atoms with Crippen LogP contribution in [-0.2, 0) is 4.79 Å². The van der Waals surface area contributed by atoms with E-state index in [2.05, 4.69) is 40.2 Å². The van der Waals surface area contributed by atoms with Crippen molar-refractivity contribution in [3.05, 3.63) is 50.2 Å². The van der Waals surface area contributed by atoms with Crippen LogP contribution in [-0.4, -0.2) is 21.4 Å². The molecule has 0 bridgehead atoms. The summed E-state index contributed by atoms with van der Waals surface area (Å²) in [6.45, 7) is 4.16. The van der Waals surface area contributed by atoms with Crippen molar-refractivity contribution >= 4 is 39.4 Å². The smallest absolute Gasteiger partial charge is 0.270 e. The zero-order chi connectivity index (χ0) is 17.3. The SMILES string of the molecule is CCC[C@@H](C)n1[nH]c(=O)c2c1NC(=O)CS[C@H]2c1ccc(Br)cc1. The Balaban J connectivity index is 2.11. The maximum absolute atomic E-state index is 12.7. The van der Waals surface area contributed by atoms with Gasteiger partial charge in [0.2, 0.25) is 5.91 Å². The summed E-state index contributed by atoms with van der Waals surface area (Å²) >= 11 is 4.92. The summed E-state index contributed by atoms with van der Waals surface area (Å²) in [7, 11) is 0. The number of rotatable bonds is 4. The number of H-pyrrole nitrogens is 1. The normalized spacial score (nSPS) is 18.6. The number of hydrogen-bond acceptors (Lipinski definition) is 3. The Morgan fingerprint density at radius 2 is 2.04 bits per heavy atom. The second kappa shape index (κ2) is 7.19. The predicted octanol–water partition coefficient (Wildman–Crippen LogP) is 4.07. The number of carbonyl (C=O) groups is 1. The molecule has 0 spiro atoms.